The summed E-state index contributed by atoms with van der Waals surface area (Å²) in [6, 6.07) is 0. The van der Waals surface area contributed by atoms with E-state index in [0.29, 0.717) is 19.6 Å². The van der Waals surface area contributed by atoms with Gasteiger partial charge in [0.05, 0.1) is 6.61 Å². The number of carbonyl (C=O) groups excluding carboxylic acids is 1. The Hall–Kier alpha value is -0.630. The normalized spacial score (nSPS) is 28.0. The van der Waals surface area contributed by atoms with Gasteiger partial charge in [-0.2, -0.15) is 0 Å². The lowest BCUT2D eigenvalue weighted by Crippen LogP contribution is -2.23. The summed E-state index contributed by atoms with van der Waals surface area (Å²) in [5.74, 6) is 0.442. The molecule has 0 aromatic heterocycles. The Kier molecular flexibility index (Phi) is 2.01. The highest BCUT2D eigenvalue weighted by Gasteiger charge is 2.16. The summed E-state index contributed by atoms with van der Waals surface area (Å²) in [4.78, 5) is 10.7. The largest absolute Gasteiger partial charge is 0.373 e. The van der Waals surface area contributed by atoms with Crippen LogP contribution in [0.4, 0.5) is 0 Å². The van der Waals surface area contributed by atoms with Crippen molar-refractivity contribution in [2.45, 2.75) is 6.42 Å². The zero-order valence-corrected chi connectivity index (χ0v) is 5.30. The predicted molar refractivity (Wildman–Crippen MR) is 34.1 cm³/mol. The van der Waals surface area contributed by atoms with Gasteiger partial charge < -0.3 is 4.74 Å². The van der Waals surface area contributed by atoms with Crippen molar-refractivity contribution < 1.29 is 9.53 Å². The molecule has 0 saturated carbocycles. The summed E-state index contributed by atoms with van der Waals surface area (Å²) >= 11 is 0. The van der Waals surface area contributed by atoms with Crippen molar-refractivity contribution in [1.82, 2.24) is 0 Å². The molecule has 1 saturated heterocycles. The lowest BCUT2D eigenvalue weighted by atomic mass is 10.0. The third kappa shape index (κ3) is 1.64. The summed E-state index contributed by atoms with van der Waals surface area (Å²) in [7, 11) is 0. The molecule has 1 aliphatic rings. The van der Waals surface area contributed by atoms with Gasteiger partial charge in [-0.15, -0.1) is 6.58 Å². The summed E-state index contributed by atoms with van der Waals surface area (Å²) in [6.45, 7) is 4.54. The monoisotopic (exact) mass is 126 g/mol. The molecule has 1 rings (SSSR count). The van der Waals surface area contributed by atoms with E-state index in [1.165, 1.54) is 0 Å². The van der Waals surface area contributed by atoms with Crippen LogP contribution in [-0.4, -0.2) is 19.0 Å². The Balaban J connectivity index is 2.40. The fraction of sp³-hybridized carbons (Fsp3) is 0.571. The minimum Gasteiger partial charge on any atom is -0.373 e. The summed E-state index contributed by atoms with van der Waals surface area (Å²) in [6.07, 6.45) is 2.39. The lowest BCUT2D eigenvalue weighted by Gasteiger charge is -2.16. The maximum absolute atomic E-state index is 10.7. The van der Waals surface area contributed by atoms with Crippen molar-refractivity contribution >= 4 is 5.78 Å². The van der Waals surface area contributed by atoms with Crippen LogP contribution in [0.1, 0.15) is 6.42 Å². The molecule has 0 N–H and O–H groups in total. The van der Waals surface area contributed by atoms with Crippen molar-refractivity contribution in [3.63, 3.8) is 0 Å². The van der Waals surface area contributed by atoms with Crippen molar-refractivity contribution in [2.24, 2.45) is 5.92 Å². The molecule has 0 amide bonds. The quantitative estimate of drug-likeness (QED) is 0.485. The maximum Gasteiger partial charge on any atom is 0.159 e. The number of hydrogen-bond acceptors (Lipinski definition) is 2. The molecule has 1 aliphatic heterocycles. The van der Waals surface area contributed by atoms with E-state index in [1.54, 1.807) is 6.08 Å². The molecule has 9 heavy (non-hydrogen) atoms. The van der Waals surface area contributed by atoms with Crippen LogP contribution in [0.5, 0.6) is 0 Å². The second kappa shape index (κ2) is 2.78. The Morgan fingerprint density at radius 1 is 1.78 bits per heavy atom. The third-order valence-electron chi connectivity index (χ3n) is 1.42. The second-order valence-corrected chi connectivity index (χ2v) is 2.25. The van der Waals surface area contributed by atoms with Gasteiger partial charge in [0.1, 0.15) is 6.61 Å². The van der Waals surface area contributed by atoms with Crippen molar-refractivity contribution in [2.75, 3.05) is 13.2 Å². The van der Waals surface area contributed by atoms with Crippen LogP contribution in [0.3, 0.4) is 0 Å². The molecule has 1 atom stereocenters. The summed E-state index contributed by atoms with van der Waals surface area (Å²) < 4.78 is 4.96. The molecule has 0 aliphatic carbocycles. The molecule has 2 heteroatoms. The standard InChI is InChI=1S/C7H10O2/c1-2-6-3-7(8)5-9-4-6/h2,6H,1,3-5H2/t6-/m0/s1. The second-order valence-electron chi connectivity index (χ2n) is 2.25. The van der Waals surface area contributed by atoms with Gasteiger partial charge in [0.25, 0.3) is 0 Å². The van der Waals surface area contributed by atoms with E-state index in [4.69, 9.17) is 4.74 Å². The molecule has 0 spiro atoms. The van der Waals surface area contributed by atoms with E-state index in [0.717, 1.165) is 0 Å². The number of carbonyl (C=O) groups is 1. The Morgan fingerprint density at radius 2 is 2.56 bits per heavy atom. The average Bonchev–Trinajstić information content (AvgIpc) is 1.88. The van der Waals surface area contributed by atoms with Crippen LogP contribution in [0.15, 0.2) is 12.7 Å². The summed E-state index contributed by atoms with van der Waals surface area (Å²) in [5, 5.41) is 0. The molecule has 0 aromatic rings. The topological polar surface area (TPSA) is 26.3 Å². The van der Waals surface area contributed by atoms with Crippen LogP contribution in [0, 0.1) is 5.92 Å². The van der Waals surface area contributed by atoms with E-state index in [1.807, 2.05) is 0 Å². The Morgan fingerprint density at radius 3 is 3.00 bits per heavy atom. The molecule has 0 bridgehead atoms. The highest BCUT2D eigenvalue weighted by atomic mass is 16.5. The van der Waals surface area contributed by atoms with E-state index in [9.17, 15) is 4.79 Å². The first-order chi connectivity index (χ1) is 4.33. The van der Waals surface area contributed by atoms with Gasteiger partial charge in [-0.1, -0.05) is 6.08 Å². The van der Waals surface area contributed by atoms with Gasteiger partial charge >= 0.3 is 0 Å². The fourth-order valence-electron chi connectivity index (χ4n) is 0.886. The van der Waals surface area contributed by atoms with Gasteiger partial charge in [0.2, 0.25) is 0 Å². The number of hydrogen-bond donors (Lipinski definition) is 0. The van der Waals surface area contributed by atoms with Crippen molar-refractivity contribution in [3.05, 3.63) is 12.7 Å². The predicted octanol–water partition coefficient (Wildman–Crippen LogP) is 0.778. The zero-order valence-electron chi connectivity index (χ0n) is 5.30. The minimum absolute atomic E-state index is 0.186. The molecule has 50 valence electrons. The van der Waals surface area contributed by atoms with Gasteiger partial charge in [0.15, 0.2) is 5.78 Å². The van der Waals surface area contributed by atoms with E-state index in [-0.39, 0.29) is 11.7 Å². The van der Waals surface area contributed by atoms with Crippen molar-refractivity contribution in [1.29, 1.82) is 0 Å². The third-order valence-corrected chi connectivity index (χ3v) is 1.42. The molecule has 1 heterocycles. The van der Waals surface area contributed by atoms with Crippen LogP contribution < -0.4 is 0 Å². The molecule has 0 unspecified atom stereocenters. The van der Waals surface area contributed by atoms with Crippen LogP contribution >= 0.6 is 0 Å². The smallest absolute Gasteiger partial charge is 0.159 e. The first kappa shape index (κ1) is 6.49. The van der Waals surface area contributed by atoms with Gasteiger partial charge in [0, 0.05) is 12.3 Å². The van der Waals surface area contributed by atoms with E-state index >= 15 is 0 Å². The minimum atomic E-state index is 0.186. The summed E-state index contributed by atoms with van der Waals surface area (Å²) in [5.41, 5.74) is 0. The molecule has 1 fully saturated rings. The van der Waals surface area contributed by atoms with Gasteiger partial charge in [-0.05, 0) is 0 Å². The van der Waals surface area contributed by atoms with Gasteiger partial charge in [-0.25, -0.2) is 0 Å². The number of ketones is 1. The van der Waals surface area contributed by atoms with E-state index < -0.39 is 0 Å². The SMILES string of the molecule is C=C[C@@H]1COCC(=O)C1. The highest BCUT2D eigenvalue weighted by molar-refractivity contribution is 5.80. The van der Waals surface area contributed by atoms with E-state index in [2.05, 4.69) is 6.58 Å². The number of ether oxygens (including phenoxy) is 1. The molecule has 2 nitrogen and oxygen atoms in total. The lowest BCUT2D eigenvalue weighted by molar-refractivity contribution is -0.128. The number of rotatable bonds is 1. The van der Waals surface area contributed by atoms with Crippen LogP contribution in [0.25, 0.3) is 0 Å². The molecule has 0 aromatic carbocycles. The molecule has 0 radical (unpaired) electrons. The fourth-order valence-corrected chi connectivity index (χ4v) is 0.886. The van der Waals surface area contributed by atoms with Crippen LogP contribution in [-0.2, 0) is 9.53 Å². The Labute approximate surface area is 54.5 Å². The first-order valence-electron chi connectivity index (χ1n) is 3.05. The number of Topliss-reactive ketones (excluding diaryl/α,β-unsaturated/α-hetero) is 1. The van der Waals surface area contributed by atoms with Crippen LogP contribution in [0.2, 0.25) is 0 Å². The highest BCUT2D eigenvalue weighted by Crippen LogP contribution is 2.10. The van der Waals surface area contributed by atoms with Crippen molar-refractivity contribution in [3.8, 4) is 0 Å². The molecular weight excluding hydrogens is 116 g/mol. The zero-order chi connectivity index (χ0) is 6.69. The first-order valence-corrected chi connectivity index (χ1v) is 3.05. The maximum atomic E-state index is 10.7. The average molecular weight is 126 g/mol. The Bertz CT molecular complexity index is 129. The molecular formula is C7H10O2. The van der Waals surface area contributed by atoms with Gasteiger partial charge in [-0.3, -0.25) is 4.79 Å².